The Balaban J connectivity index is 2.84. The van der Waals surface area contributed by atoms with E-state index in [4.69, 9.17) is 0 Å². The van der Waals surface area contributed by atoms with Crippen molar-refractivity contribution in [2.75, 3.05) is 0 Å². The van der Waals surface area contributed by atoms with Crippen LogP contribution >= 0.6 is 0 Å². The van der Waals surface area contributed by atoms with Crippen LogP contribution in [-0.2, 0) is 6.18 Å². The van der Waals surface area contributed by atoms with Crippen LogP contribution in [0, 0.1) is 0 Å². The number of hydrogen-bond donors (Lipinski definition) is 1. The highest BCUT2D eigenvalue weighted by Crippen LogP contribution is 2.29. The normalized spacial score (nSPS) is 11.1. The second-order valence-electron chi connectivity index (χ2n) is 2.30. The second kappa shape index (κ2) is 3.52. The van der Waals surface area contributed by atoms with E-state index in [1.807, 2.05) is 0 Å². The smallest absolute Gasteiger partial charge is 0.391 e. The number of ether oxygens (including phenoxy) is 1. The van der Waals surface area contributed by atoms with Crippen molar-refractivity contribution in [1.29, 1.82) is 0 Å². The summed E-state index contributed by atoms with van der Waals surface area (Å²) in [5.74, 6) is -0.273. The number of alkyl halides is 3. The lowest BCUT2D eigenvalue weighted by molar-refractivity contribution is -0.137. The van der Waals surface area contributed by atoms with Gasteiger partial charge in [-0.2, -0.15) is 13.2 Å². The van der Waals surface area contributed by atoms with Crippen molar-refractivity contribution in [2.24, 2.45) is 5.73 Å². The number of carbonyl (C=O) groups is 1. The van der Waals surface area contributed by atoms with Gasteiger partial charge in [0.1, 0.15) is 0 Å². The van der Waals surface area contributed by atoms with Crippen LogP contribution < -0.4 is 10.5 Å². The highest BCUT2D eigenvalue weighted by atomic mass is 19.4. The molecule has 0 saturated carbocycles. The first-order chi connectivity index (χ1) is 6.39. The standard InChI is InChI=1S/C7H5F3N2O2/c8-7(9,10)4-1-2-5(12-3-4)14-6(11)13/h1-3H,(H2,11,13). The Bertz CT molecular complexity index is 334. The fourth-order valence-electron chi connectivity index (χ4n) is 0.711. The van der Waals surface area contributed by atoms with Gasteiger partial charge in [-0.1, -0.05) is 0 Å². The molecule has 0 radical (unpaired) electrons. The van der Waals surface area contributed by atoms with E-state index < -0.39 is 17.8 Å². The average Bonchev–Trinajstić information content (AvgIpc) is 2.02. The van der Waals surface area contributed by atoms with Crippen LogP contribution in [0.15, 0.2) is 18.3 Å². The van der Waals surface area contributed by atoms with Gasteiger partial charge in [0.2, 0.25) is 5.88 Å². The monoisotopic (exact) mass is 206 g/mol. The molecule has 2 N–H and O–H groups in total. The number of aromatic nitrogens is 1. The SMILES string of the molecule is NC(=O)Oc1ccc(C(F)(F)F)cn1. The molecule has 0 saturated heterocycles. The predicted molar refractivity (Wildman–Crippen MR) is 39.5 cm³/mol. The quantitative estimate of drug-likeness (QED) is 0.758. The minimum atomic E-state index is -4.46. The number of nitrogens with two attached hydrogens (primary N) is 1. The largest absolute Gasteiger partial charge is 0.417 e. The number of nitrogens with zero attached hydrogens (tertiary/aromatic N) is 1. The zero-order valence-electron chi connectivity index (χ0n) is 6.71. The van der Waals surface area contributed by atoms with Crippen molar-refractivity contribution in [3.8, 4) is 5.88 Å². The van der Waals surface area contributed by atoms with E-state index in [1.165, 1.54) is 0 Å². The van der Waals surface area contributed by atoms with Gasteiger partial charge in [0.15, 0.2) is 0 Å². The topological polar surface area (TPSA) is 65.2 Å². The number of hydrogen-bond acceptors (Lipinski definition) is 3. The van der Waals surface area contributed by atoms with Crippen LogP contribution in [0.25, 0.3) is 0 Å². The molecule has 14 heavy (non-hydrogen) atoms. The molecule has 1 rings (SSSR count). The first-order valence-electron chi connectivity index (χ1n) is 3.40. The van der Waals surface area contributed by atoms with Gasteiger partial charge in [-0.15, -0.1) is 0 Å². The highest BCUT2D eigenvalue weighted by molar-refractivity contribution is 5.67. The fourth-order valence-corrected chi connectivity index (χ4v) is 0.711. The Morgan fingerprint density at radius 1 is 1.43 bits per heavy atom. The Labute approximate surface area is 76.5 Å². The van der Waals surface area contributed by atoms with Gasteiger partial charge in [-0.05, 0) is 6.07 Å². The first kappa shape index (κ1) is 10.3. The van der Waals surface area contributed by atoms with Crippen molar-refractivity contribution >= 4 is 6.09 Å². The number of primary amides is 1. The van der Waals surface area contributed by atoms with E-state index in [0.717, 1.165) is 12.1 Å². The average molecular weight is 206 g/mol. The van der Waals surface area contributed by atoms with Crippen LogP contribution in [0.4, 0.5) is 18.0 Å². The number of amides is 1. The van der Waals surface area contributed by atoms with Gasteiger partial charge in [0.05, 0.1) is 5.56 Å². The van der Waals surface area contributed by atoms with Gasteiger partial charge in [0, 0.05) is 12.3 Å². The van der Waals surface area contributed by atoms with Gasteiger partial charge in [-0.25, -0.2) is 9.78 Å². The van der Waals surface area contributed by atoms with Crippen molar-refractivity contribution in [1.82, 2.24) is 4.98 Å². The summed E-state index contributed by atoms with van der Waals surface area (Å²) in [6, 6.07) is 1.65. The molecule has 4 nitrogen and oxygen atoms in total. The molecule has 0 aromatic carbocycles. The zero-order valence-corrected chi connectivity index (χ0v) is 6.71. The van der Waals surface area contributed by atoms with Crippen LogP contribution in [-0.4, -0.2) is 11.1 Å². The fraction of sp³-hybridized carbons (Fsp3) is 0.143. The van der Waals surface area contributed by atoms with E-state index in [2.05, 4.69) is 15.5 Å². The van der Waals surface area contributed by atoms with Crippen molar-refractivity contribution in [3.05, 3.63) is 23.9 Å². The summed E-state index contributed by atoms with van der Waals surface area (Å²) < 4.78 is 40.3. The summed E-state index contributed by atoms with van der Waals surface area (Å²) in [4.78, 5) is 13.4. The third-order valence-corrected chi connectivity index (χ3v) is 1.27. The molecule has 0 aliphatic carbocycles. The van der Waals surface area contributed by atoms with Crippen molar-refractivity contribution in [3.63, 3.8) is 0 Å². The van der Waals surface area contributed by atoms with E-state index >= 15 is 0 Å². The lowest BCUT2D eigenvalue weighted by Crippen LogP contribution is -2.17. The Morgan fingerprint density at radius 2 is 2.07 bits per heavy atom. The van der Waals surface area contributed by atoms with Crippen LogP contribution in [0.2, 0.25) is 0 Å². The minimum absolute atomic E-state index is 0.273. The first-order valence-corrected chi connectivity index (χ1v) is 3.40. The van der Waals surface area contributed by atoms with Gasteiger partial charge in [-0.3, -0.25) is 0 Å². The number of carbonyl (C=O) groups excluding carboxylic acids is 1. The molecule has 1 heterocycles. The molecular weight excluding hydrogens is 201 g/mol. The third-order valence-electron chi connectivity index (χ3n) is 1.27. The summed E-state index contributed by atoms with van der Waals surface area (Å²) in [5, 5.41) is 0. The second-order valence-corrected chi connectivity index (χ2v) is 2.30. The van der Waals surface area contributed by atoms with E-state index in [0.29, 0.717) is 6.20 Å². The lowest BCUT2D eigenvalue weighted by atomic mass is 10.3. The Kier molecular flexibility index (Phi) is 2.59. The van der Waals surface area contributed by atoms with Gasteiger partial charge in [0.25, 0.3) is 0 Å². The third kappa shape index (κ3) is 2.61. The van der Waals surface area contributed by atoms with E-state index in [1.54, 1.807) is 0 Å². The molecule has 0 unspecified atom stereocenters. The highest BCUT2D eigenvalue weighted by Gasteiger charge is 2.30. The van der Waals surface area contributed by atoms with Crippen LogP contribution in [0.5, 0.6) is 5.88 Å². The molecule has 0 aliphatic heterocycles. The summed E-state index contributed by atoms with van der Waals surface area (Å²) in [6.07, 6.45) is -5.03. The van der Waals surface area contributed by atoms with Gasteiger partial charge < -0.3 is 10.5 Å². The van der Waals surface area contributed by atoms with E-state index in [-0.39, 0.29) is 5.88 Å². The maximum atomic E-state index is 12.0. The molecule has 0 fully saturated rings. The number of pyridine rings is 1. The molecule has 1 aromatic heterocycles. The maximum absolute atomic E-state index is 12.0. The van der Waals surface area contributed by atoms with Crippen LogP contribution in [0.1, 0.15) is 5.56 Å². The Morgan fingerprint density at radius 3 is 2.43 bits per heavy atom. The summed E-state index contributed by atoms with van der Waals surface area (Å²) in [7, 11) is 0. The van der Waals surface area contributed by atoms with Crippen molar-refractivity contribution in [2.45, 2.75) is 6.18 Å². The molecule has 76 valence electrons. The molecule has 0 aliphatic rings. The van der Waals surface area contributed by atoms with Gasteiger partial charge >= 0.3 is 12.3 Å². The minimum Gasteiger partial charge on any atom is -0.391 e. The molecule has 0 spiro atoms. The summed E-state index contributed by atoms with van der Waals surface area (Å²) in [5.41, 5.74) is 3.70. The maximum Gasteiger partial charge on any atom is 0.417 e. The molecule has 1 amide bonds. The number of halogens is 3. The molecule has 0 atom stereocenters. The molecule has 0 bridgehead atoms. The lowest BCUT2D eigenvalue weighted by Gasteiger charge is -2.05. The number of rotatable bonds is 1. The van der Waals surface area contributed by atoms with Crippen LogP contribution in [0.3, 0.4) is 0 Å². The molecule has 1 aromatic rings. The van der Waals surface area contributed by atoms with E-state index in [9.17, 15) is 18.0 Å². The molecular formula is C7H5F3N2O2. The predicted octanol–water partition coefficient (Wildman–Crippen LogP) is 1.56. The summed E-state index contributed by atoms with van der Waals surface area (Å²) in [6.45, 7) is 0. The summed E-state index contributed by atoms with van der Waals surface area (Å²) >= 11 is 0. The molecule has 7 heteroatoms. The van der Waals surface area contributed by atoms with Crippen molar-refractivity contribution < 1.29 is 22.7 Å². The Hall–Kier alpha value is -1.79. The zero-order chi connectivity index (χ0) is 10.8.